The molecule has 1 aromatic carbocycles. The number of hydrogen-bond donors (Lipinski definition) is 2. The molecule has 2 heterocycles. The average molecular weight is 350 g/mol. The number of amides is 1. The normalized spacial score (nSPS) is 13.8. The van der Waals surface area contributed by atoms with Gasteiger partial charge < -0.3 is 5.32 Å². The first-order valence-corrected chi connectivity index (χ1v) is 8.47. The van der Waals surface area contributed by atoms with Crippen LogP contribution in [0.1, 0.15) is 40.4 Å². The molecule has 0 atom stereocenters. The summed E-state index contributed by atoms with van der Waals surface area (Å²) in [6.07, 6.45) is 3.18. The largest absolute Gasteiger partial charge is 0.330 e. The highest BCUT2D eigenvalue weighted by Crippen LogP contribution is 2.34. The van der Waals surface area contributed by atoms with Crippen molar-refractivity contribution in [2.45, 2.75) is 32.7 Å². The van der Waals surface area contributed by atoms with E-state index in [9.17, 15) is 14.4 Å². The molecule has 1 aliphatic rings. The van der Waals surface area contributed by atoms with E-state index in [1.807, 2.05) is 32.0 Å². The van der Waals surface area contributed by atoms with Crippen molar-refractivity contribution in [2.24, 2.45) is 0 Å². The Labute approximate surface area is 148 Å². The number of aryl methyl sites for hydroxylation is 2. The van der Waals surface area contributed by atoms with Crippen LogP contribution in [0.15, 0.2) is 40.1 Å². The van der Waals surface area contributed by atoms with Crippen LogP contribution in [0.4, 0.5) is 5.69 Å². The van der Waals surface area contributed by atoms with Gasteiger partial charge in [-0.25, -0.2) is 9.78 Å². The Morgan fingerprint density at radius 1 is 1.23 bits per heavy atom. The third kappa shape index (κ3) is 2.81. The van der Waals surface area contributed by atoms with Gasteiger partial charge in [-0.3, -0.25) is 19.1 Å². The van der Waals surface area contributed by atoms with E-state index in [1.165, 1.54) is 16.8 Å². The SMILES string of the molecule is Cc1ccc(C)c(NC(=O)c2cnc3c(c2)c(=O)[nH]c(=O)n3C2CC2)c1. The maximum Gasteiger partial charge on any atom is 0.330 e. The second-order valence-electron chi connectivity index (χ2n) is 6.73. The fourth-order valence-electron chi connectivity index (χ4n) is 3.00. The highest BCUT2D eigenvalue weighted by atomic mass is 16.2. The van der Waals surface area contributed by atoms with Crippen LogP contribution in [0.5, 0.6) is 0 Å². The van der Waals surface area contributed by atoms with Crippen molar-refractivity contribution in [3.05, 3.63) is 68.0 Å². The summed E-state index contributed by atoms with van der Waals surface area (Å²) in [6, 6.07) is 7.35. The summed E-state index contributed by atoms with van der Waals surface area (Å²) in [5, 5.41) is 3.09. The maximum absolute atomic E-state index is 12.6. The number of benzene rings is 1. The van der Waals surface area contributed by atoms with Crippen molar-refractivity contribution in [1.29, 1.82) is 0 Å². The molecule has 0 bridgehead atoms. The summed E-state index contributed by atoms with van der Waals surface area (Å²) in [7, 11) is 0. The van der Waals surface area contributed by atoms with Crippen LogP contribution in [0.3, 0.4) is 0 Å². The molecule has 7 heteroatoms. The second-order valence-corrected chi connectivity index (χ2v) is 6.73. The number of aromatic amines is 1. The molecular weight excluding hydrogens is 332 g/mol. The van der Waals surface area contributed by atoms with Gasteiger partial charge >= 0.3 is 5.69 Å². The number of carbonyl (C=O) groups is 1. The number of hydrogen-bond acceptors (Lipinski definition) is 4. The van der Waals surface area contributed by atoms with E-state index in [1.54, 1.807) is 0 Å². The Morgan fingerprint density at radius 3 is 2.73 bits per heavy atom. The summed E-state index contributed by atoms with van der Waals surface area (Å²) in [6.45, 7) is 3.86. The summed E-state index contributed by atoms with van der Waals surface area (Å²) in [4.78, 5) is 43.4. The minimum atomic E-state index is -0.532. The van der Waals surface area contributed by atoms with Crippen LogP contribution >= 0.6 is 0 Å². The Hall–Kier alpha value is -3.22. The summed E-state index contributed by atoms with van der Waals surface area (Å²) in [5.74, 6) is -0.350. The lowest BCUT2D eigenvalue weighted by Gasteiger charge is -2.11. The number of nitrogens with zero attached hydrogens (tertiary/aromatic N) is 2. The van der Waals surface area contributed by atoms with Gasteiger partial charge in [0.2, 0.25) is 0 Å². The topological polar surface area (TPSA) is 96.8 Å². The molecule has 2 aromatic heterocycles. The lowest BCUT2D eigenvalue weighted by Crippen LogP contribution is -2.30. The minimum absolute atomic E-state index is 0.0731. The number of anilines is 1. The Morgan fingerprint density at radius 2 is 2.00 bits per heavy atom. The van der Waals surface area contributed by atoms with Gasteiger partial charge in [-0.2, -0.15) is 0 Å². The molecule has 2 N–H and O–H groups in total. The standard InChI is InChI=1S/C19H18N4O3/c1-10-3-4-11(2)15(7-10)21-17(24)12-8-14-16(20-9-12)23(13-5-6-13)19(26)22-18(14)25/h3-4,7-9,13H,5-6H2,1-2H3,(H,21,24)(H,22,25,26). The van der Waals surface area contributed by atoms with Crippen LogP contribution in [-0.4, -0.2) is 20.4 Å². The molecule has 3 aromatic rings. The van der Waals surface area contributed by atoms with E-state index in [-0.39, 0.29) is 22.9 Å². The van der Waals surface area contributed by atoms with Crippen LogP contribution in [0, 0.1) is 13.8 Å². The lowest BCUT2D eigenvalue weighted by molar-refractivity contribution is 0.102. The van der Waals surface area contributed by atoms with Gasteiger partial charge in [0.15, 0.2) is 0 Å². The van der Waals surface area contributed by atoms with Crippen LogP contribution in [0.2, 0.25) is 0 Å². The number of H-pyrrole nitrogens is 1. The molecule has 0 aliphatic heterocycles. The maximum atomic E-state index is 12.6. The highest BCUT2D eigenvalue weighted by Gasteiger charge is 2.27. The molecule has 132 valence electrons. The molecule has 0 spiro atoms. The summed E-state index contributed by atoms with van der Waals surface area (Å²) >= 11 is 0. The van der Waals surface area contributed by atoms with Gasteiger partial charge in [-0.1, -0.05) is 12.1 Å². The van der Waals surface area contributed by atoms with E-state index >= 15 is 0 Å². The fraction of sp³-hybridized carbons (Fsp3) is 0.263. The van der Waals surface area contributed by atoms with Gasteiger partial charge in [-0.15, -0.1) is 0 Å². The number of nitrogens with one attached hydrogen (secondary N) is 2. The van der Waals surface area contributed by atoms with Crippen molar-refractivity contribution >= 4 is 22.6 Å². The number of fused-ring (bicyclic) bond motifs is 1. The number of aromatic nitrogens is 3. The molecule has 1 amide bonds. The third-order valence-electron chi connectivity index (χ3n) is 4.59. The van der Waals surface area contributed by atoms with E-state index < -0.39 is 11.2 Å². The Kier molecular flexibility index (Phi) is 3.72. The quantitative estimate of drug-likeness (QED) is 0.757. The zero-order valence-corrected chi connectivity index (χ0v) is 14.5. The number of rotatable bonds is 3. The van der Waals surface area contributed by atoms with Gasteiger partial charge in [0, 0.05) is 17.9 Å². The van der Waals surface area contributed by atoms with E-state index in [2.05, 4.69) is 15.3 Å². The molecular formula is C19H18N4O3. The number of carbonyl (C=O) groups excluding carboxylic acids is 1. The van der Waals surface area contributed by atoms with Gasteiger partial charge in [-0.05, 0) is 49.9 Å². The van der Waals surface area contributed by atoms with Crippen molar-refractivity contribution < 1.29 is 4.79 Å². The zero-order chi connectivity index (χ0) is 18.4. The van der Waals surface area contributed by atoms with Crippen LogP contribution in [-0.2, 0) is 0 Å². The van der Waals surface area contributed by atoms with Crippen molar-refractivity contribution in [2.75, 3.05) is 5.32 Å². The molecule has 1 fully saturated rings. The van der Waals surface area contributed by atoms with E-state index in [0.717, 1.165) is 24.0 Å². The van der Waals surface area contributed by atoms with E-state index in [0.29, 0.717) is 11.3 Å². The molecule has 1 aliphatic carbocycles. The molecule has 7 nitrogen and oxygen atoms in total. The molecule has 0 unspecified atom stereocenters. The van der Waals surface area contributed by atoms with Gasteiger partial charge in [0.25, 0.3) is 11.5 Å². The van der Waals surface area contributed by atoms with Crippen molar-refractivity contribution in [3.8, 4) is 0 Å². The molecule has 1 saturated carbocycles. The summed E-state index contributed by atoms with van der Waals surface area (Å²) < 4.78 is 1.50. The Bertz CT molecular complexity index is 1160. The van der Waals surface area contributed by atoms with Gasteiger partial charge in [0.1, 0.15) is 5.65 Å². The fourth-order valence-corrected chi connectivity index (χ4v) is 3.00. The minimum Gasteiger partial charge on any atom is -0.322 e. The molecule has 26 heavy (non-hydrogen) atoms. The lowest BCUT2D eigenvalue weighted by atomic mass is 10.1. The first kappa shape index (κ1) is 16.3. The molecule has 0 saturated heterocycles. The zero-order valence-electron chi connectivity index (χ0n) is 14.5. The molecule has 0 radical (unpaired) electrons. The van der Waals surface area contributed by atoms with E-state index in [4.69, 9.17) is 0 Å². The monoisotopic (exact) mass is 350 g/mol. The highest BCUT2D eigenvalue weighted by molar-refractivity contribution is 6.05. The first-order chi connectivity index (χ1) is 12.4. The smallest absolute Gasteiger partial charge is 0.322 e. The summed E-state index contributed by atoms with van der Waals surface area (Å²) in [5.41, 5.74) is 2.30. The first-order valence-electron chi connectivity index (χ1n) is 8.47. The third-order valence-corrected chi connectivity index (χ3v) is 4.59. The molecule has 4 rings (SSSR count). The van der Waals surface area contributed by atoms with Crippen molar-refractivity contribution in [1.82, 2.24) is 14.5 Å². The average Bonchev–Trinajstić information content (AvgIpc) is 3.43. The Balaban J connectivity index is 1.75. The van der Waals surface area contributed by atoms with Crippen molar-refractivity contribution in [3.63, 3.8) is 0 Å². The van der Waals surface area contributed by atoms with Crippen LogP contribution in [0.25, 0.3) is 11.0 Å². The second kappa shape index (κ2) is 5.94. The number of pyridine rings is 1. The van der Waals surface area contributed by atoms with Gasteiger partial charge in [0.05, 0.1) is 10.9 Å². The predicted molar refractivity (Wildman–Crippen MR) is 98.8 cm³/mol. The predicted octanol–water partition coefficient (Wildman–Crippen LogP) is 2.29. The van der Waals surface area contributed by atoms with Crippen LogP contribution < -0.4 is 16.6 Å².